The smallest absolute Gasteiger partial charge is 0.0931 e. The number of benzene rings is 1. The number of aromatic amines is 1. The predicted molar refractivity (Wildman–Crippen MR) is 75.0 cm³/mol. The zero-order chi connectivity index (χ0) is 13.1. The molecule has 1 aliphatic rings. The zero-order valence-corrected chi connectivity index (χ0v) is 11.0. The van der Waals surface area contributed by atoms with Crippen LogP contribution in [0, 0.1) is 0 Å². The van der Waals surface area contributed by atoms with Crippen LogP contribution in [0.15, 0.2) is 24.5 Å². The lowest BCUT2D eigenvalue weighted by atomic mass is 10.1. The number of imidazole rings is 1. The Bertz CT molecular complexity index is 533. The van der Waals surface area contributed by atoms with Gasteiger partial charge >= 0.3 is 0 Å². The SMILES string of the molecule is OC(CCN1CCNCC1)c1ccc2nc[nH]c2c1. The van der Waals surface area contributed by atoms with Crippen LogP contribution in [-0.2, 0) is 0 Å². The molecule has 102 valence electrons. The van der Waals surface area contributed by atoms with Gasteiger partial charge in [0.25, 0.3) is 0 Å². The molecule has 0 spiro atoms. The van der Waals surface area contributed by atoms with Gasteiger partial charge in [-0.3, -0.25) is 0 Å². The fourth-order valence-electron chi connectivity index (χ4n) is 2.57. The van der Waals surface area contributed by atoms with E-state index in [2.05, 4.69) is 20.2 Å². The van der Waals surface area contributed by atoms with Crippen LogP contribution in [0.1, 0.15) is 18.1 Å². The molecular formula is C14H20N4O. The van der Waals surface area contributed by atoms with Crippen molar-refractivity contribution < 1.29 is 5.11 Å². The van der Waals surface area contributed by atoms with Crippen molar-refractivity contribution in [2.75, 3.05) is 32.7 Å². The van der Waals surface area contributed by atoms with Crippen LogP contribution in [0.2, 0.25) is 0 Å². The molecule has 0 bridgehead atoms. The Balaban J connectivity index is 1.60. The highest BCUT2D eigenvalue weighted by Crippen LogP contribution is 2.20. The Morgan fingerprint density at radius 3 is 3.00 bits per heavy atom. The topological polar surface area (TPSA) is 64.2 Å². The molecule has 0 aliphatic carbocycles. The Hall–Kier alpha value is -1.43. The van der Waals surface area contributed by atoms with Crippen molar-refractivity contribution in [3.8, 4) is 0 Å². The number of H-pyrrole nitrogens is 1. The van der Waals surface area contributed by atoms with Gasteiger partial charge < -0.3 is 20.3 Å². The standard InChI is InChI=1S/C14H20N4O/c19-14(3-6-18-7-4-15-5-8-18)11-1-2-12-13(9-11)17-10-16-12/h1-2,9-10,14-15,19H,3-8H2,(H,16,17). The molecule has 1 saturated heterocycles. The summed E-state index contributed by atoms with van der Waals surface area (Å²) >= 11 is 0. The Kier molecular flexibility index (Phi) is 3.77. The van der Waals surface area contributed by atoms with Crippen LogP contribution in [0.25, 0.3) is 11.0 Å². The summed E-state index contributed by atoms with van der Waals surface area (Å²) in [7, 11) is 0. The van der Waals surface area contributed by atoms with Gasteiger partial charge in [-0.25, -0.2) is 4.98 Å². The maximum absolute atomic E-state index is 10.3. The molecule has 5 heteroatoms. The molecule has 1 aromatic carbocycles. The van der Waals surface area contributed by atoms with Crippen LogP contribution in [0.4, 0.5) is 0 Å². The molecule has 0 saturated carbocycles. The molecule has 1 fully saturated rings. The Labute approximate surface area is 112 Å². The lowest BCUT2D eigenvalue weighted by Gasteiger charge is -2.27. The number of nitrogens with zero attached hydrogens (tertiary/aromatic N) is 2. The summed E-state index contributed by atoms with van der Waals surface area (Å²) in [6.45, 7) is 5.20. The molecule has 1 aliphatic heterocycles. The number of aliphatic hydroxyl groups is 1. The van der Waals surface area contributed by atoms with E-state index in [4.69, 9.17) is 0 Å². The number of aromatic nitrogens is 2. The van der Waals surface area contributed by atoms with Gasteiger partial charge in [0.05, 0.1) is 23.5 Å². The second kappa shape index (κ2) is 5.69. The van der Waals surface area contributed by atoms with Gasteiger partial charge in [-0.15, -0.1) is 0 Å². The van der Waals surface area contributed by atoms with Crippen LogP contribution < -0.4 is 5.32 Å². The first-order valence-electron chi connectivity index (χ1n) is 6.87. The van der Waals surface area contributed by atoms with Gasteiger partial charge in [0.2, 0.25) is 0 Å². The Morgan fingerprint density at radius 1 is 1.32 bits per heavy atom. The van der Waals surface area contributed by atoms with Gasteiger partial charge in [0, 0.05) is 32.7 Å². The van der Waals surface area contributed by atoms with E-state index in [-0.39, 0.29) is 0 Å². The second-order valence-corrected chi connectivity index (χ2v) is 5.08. The third-order valence-corrected chi connectivity index (χ3v) is 3.76. The van der Waals surface area contributed by atoms with Gasteiger partial charge in [0.1, 0.15) is 0 Å². The van der Waals surface area contributed by atoms with E-state index in [1.807, 2.05) is 18.2 Å². The summed E-state index contributed by atoms with van der Waals surface area (Å²) < 4.78 is 0. The monoisotopic (exact) mass is 260 g/mol. The number of piperazine rings is 1. The number of rotatable bonds is 4. The van der Waals surface area contributed by atoms with E-state index in [9.17, 15) is 5.11 Å². The molecule has 2 heterocycles. The minimum atomic E-state index is -0.400. The van der Waals surface area contributed by atoms with E-state index in [1.54, 1.807) is 6.33 Å². The van der Waals surface area contributed by atoms with Crippen LogP contribution in [0.5, 0.6) is 0 Å². The van der Waals surface area contributed by atoms with E-state index in [0.29, 0.717) is 0 Å². The van der Waals surface area contributed by atoms with Crippen molar-refractivity contribution in [3.05, 3.63) is 30.1 Å². The summed E-state index contributed by atoms with van der Waals surface area (Å²) in [4.78, 5) is 9.66. The highest BCUT2D eigenvalue weighted by Gasteiger charge is 2.13. The summed E-state index contributed by atoms with van der Waals surface area (Å²) in [6.07, 6.45) is 2.06. The fraction of sp³-hybridized carbons (Fsp3) is 0.500. The summed E-state index contributed by atoms with van der Waals surface area (Å²) in [5.74, 6) is 0. The maximum atomic E-state index is 10.3. The highest BCUT2D eigenvalue weighted by atomic mass is 16.3. The predicted octanol–water partition coefficient (Wildman–Crippen LogP) is 0.892. The Morgan fingerprint density at radius 2 is 2.16 bits per heavy atom. The average molecular weight is 260 g/mol. The van der Waals surface area contributed by atoms with Crippen LogP contribution in [0.3, 0.4) is 0 Å². The van der Waals surface area contributed by atoms with Crippen molar-refractivity contribution in [2.45, 2.75) is 12.5 Å². The van der Waals surface area contributed by atoms with Gasteiger partial charge in [0.15, 0.2) is 0 Å². The van der Waals surface area contributed by atoms with Gasteiger partial charge in [-0.1, -0.05) is 6.07 Å². The van der Waals surface area contributed by atoms with E-state index in [0.717, 1.165) is 55.7 Å². The molecular weight excluding hydrogens is 240 g/mol. The van der Waals surface area contributed by atoms with Crippen molar-refractivity contribution in [1.82, 2.24) is 20.2 Å². The maximum Gasteiger partial charge on any atom is 0.0931 e. The molecule has 5 nitrogen and oxygen atoms in total. The largest absolute Gasteiger partial charge is 0.388 e. The molecule has 1 unspecified atom stereocenters. The van der Waals surface area contributed by atoms with Crippen molar-refractivity contribution in [1.29, 1.82) is 0 Å². The van der Waals surface area contributed by atoms with Crippen LogP contribution in [-0.4, -0.2) is 52.7 Å². The van der Waals surface area contributed by atoms with Gasteiger partial charge in [-0.2, -0.15) is 0 Å². The fourth-order valence-corrected chi connectivity index (χ4v) is 2.57. The summed E-state index contributed by atoms with van der Waals surface area (Å²) in [5.41, 5.74) is 2.89. The lowest BCUT2D eigenvalue weighted by Crippen LogP contribution is -2.44. The quantitative estimate of drug-likeness (QED) is 0.764. The third kappa shape index (κ3) is 2.94. The molecule has 2 aromatic rings. The van der Waals surface area contributed by atoms with Gasteiger partial charge in [-0.05, 0) is 24.1 Å². The van der Waals surface area contributed by atoms with E-state index >= 15 is 0 Å². The number of nitrogens with one attached hydrogen (secondary N) is 2. The van der Waals surface area contributed by atoms with E-state index < -0.39 is 6.10 Å². The first-order valence-corrected chi connectivity index (χ1v) is 6.87. The second-order valence-electron chi connectivity index (χ2n) is 5.08. The molecule has 1 aromatic heterocycles. The van der Waals surface area contributed by atoms with Crippen molar-refractivity contribution in [3.63, 3.8) is 0 Å². The lowest BCUT2D eigenvalue weighted by molar-refractivity contribution is 0.137. The van der Waals surface area contributed by atoms with Crippen molar-refractivity contribution in [2.24, 2.45) is 0 Å². The molecule has 0 amide bonds. The van der Waals surface area contributed by atoms with Crippen molar-refractivity contribution >= 4 is 11.0 Å². The first-order chi connectivity index (χ1) is 9.33. The number of aliphatic hydroxyl groups excluding tert-OH is 1. The number of fused-ring (bicyclic) bond motifs is 1. The normalized spacial score (nSPS) is 18.8. The molecule has 3 rings (SSSR count). The summed E-state index contributed by atoms with van der Waals surface area (Å²) in [5, 5.41) is 13.6. The minimum Gasteiger partial charge on any atom is -0.388 e. The molecule has 19 heavy (non-hydrogen) atoms. The zero-order valence-electron chi connectivity index (χ0n) is 11.0. The number of hydrogen-bond donors (Lipinski definition) is 3. The average Bonchev–Trinajstić information content (AvgIpc) is 2.93. The van der Waals surface area contributed by atoms with E-state index in [1.165, 1.54) is 0 Å². The van der Waals surface area contributed by atoms with Crippen LogP contribution >= 0.6 is 0 Å². The highest BCUT2D eigenvalue weighted by molar-refractivity contribution is 5.75. The minimum absolute atomic E-state index is 0.400. The molecule has 1 atom stereocenters. The summed E-state index contributed by atoms with van der Waals surface area (Å²) in [6, 6.07) is 5.91. The third-order valence-electron chi connectivity index (χ3n) is 3.76. The molecule has 3 N–H and O–H groups in total. The first kappa shape index (κ1) is 12.6. The molecule has 0 radical (unpaired) electrons. The number of hydrogen-bond acceptors (Lipinski definition) is 4.